The predicted molar refractivity (Wildman–Crippen MR) is 77.5 cm³/mol. The summed E-state index contributed by atoms with van der Waals surface area (Å²) in [6.45, 7) is 1.05. The first-order valence-electron chi connectivity index (χ1n) is 6.29. The molecule has 1 fully saturated rings. The van der Waals surface area contributed by atoms with Crippen molar-refractivity contribution >= 4 is 23.2 Å². The Balaban J connectivity index is 0.00000120. The van der Waals surface area contributed by atoms with Crippen LogP contribution in [0.5, 0.6) is 5.75 Å². The molecule has 2 N–H and O–H groups in total. The Hall–Kier alpha value is -1.25. The van der Waals surface area contributed by atoms with Crippen molar-refractivity contribution in [1.29, 1.82) is 0 Å². The normalized spacial score (nSPS) is 19.4. The van der Waals surface area contributed by atoms with Crippen molar-refractivity contribution in [3.8, 4) is 5.75 Å². The van der Waals surface area contributed by atoms with Crippen LogP contribution < -0.4 is 5.32 Å². The van der Waals surface area contributed by atoms with Crippen LogP contribution in [0, 0.1) is 0 Å². The molecule has 1 atom stereocenters. The molecule has 0 aliphatic carbocycles. The molecule has 2 nitrogen and oxygen atoms in total. The molecular weight excluding hydrogens is 246 g/mol. The first-order valence-corrected chi connectivity index (χ1v) is 6.29. The van der Waals surface area contributed by atoms with Gasteiger partial charge in [-0.2, -0.15) is 0 Å². The van der Waals surface area contributed by atoms with Crippen molar-refractivity contribution in [2.75, 3.05) is 6.54 Å². The number of hydrogen-bond donors (Lipinski definition) is 2. The van der Waals surface area contributed by atoms with Gasteiger partial charge in [-0.3, -0.25) is 0 Å². The Morgan fingerprint density at radius 1 is 1.06 bits per heavy atom. The summed E-state index contributed by atoms with van der Waals surface area (Å²) in [7, 11) is 0. The van der Waals surface area contributed by atoms with E-state index in [0.29, 0.717) is 11.8 Å². The zero-order valence-corrected chi connectivity index (χ0v) is 11.0. The lowest BCUT2D eigenvalue weighted by Gasteiger charge is -2.24. The van der Waals surface area contributed by atoms with Crippen LogP contribution in [-0.2, 0) is 0 Å². The molecule has 1 saturated heterocycles. The summed E-state index contributed by atoms with van der Waals surface area (Å²) >= 11 is 0. The minimum Gasteiger partial charge on any atom is -0.508 e. The van der Waals surface area contributed by atoms with Crippen molar-refractivity contribution in [3.63, 3.8) is 0 Å². The molecule has 1 heterocycles. The van der Waals surface area contributed by atoms with Crippen LogP contribution in [0.25, 0.3) is 10.8 Å². The Labute approximate surface area is 113 Å². The molecule has 96 valence electrons. The number of nitrogens with one attached hydrogen (secondary N) is 1. The monoisotopic (exact) mass is 263 g/mol. The third-order valence-corrected chi connectivity index (χ3v) is 3.58. The molecule has 0 saturated carbocycles. The fourth-order valence-electron chi connectivity index (χ4n) is 2.64. The van der Waals surface area contributed by atoms with E-state index in [2.05, 4.69) is 17.4 Å². The van der Waals surface area contributed by atoms with Gasteiger partial charge in [0.15, 0.2) is 0 Å². The minimum atomic E-state index is 0. The third kappa shape index (κ3) is 2.45. The van der Waals surface area contributed by atoms with Gasteiger partial charge in [0.05, 0.1) is 0 Å². The maximum Gasteiger partial charge on any atom is 0.120 e. The molecular formula is C15H18ClNO. The first-order chi connectivity index (χ1) is 8.34. The summed E-state index contributed by atoms with van der Waals surface area (Å²) in [4.78, 5) is 0. The number of phenolic OH excluding ortho intramolecular Hbond substituents is 1. The highest BCUT2D eigenvalue weighted by atomic mass is 35.5. The summed E-state index contributed by atoms with van der Waals surface area (Å²) < 4.78 is 0. The fraction of sp³-hybridized carbons (Fsp3) is 0.333. The van der Waals surface area contributed by atoms with Gasteiger partial charge in [-0.15, -0.1) is 12.4 Å². The van der Waals surface area contributed by atoms with Gasteiger partial charge in [0, 0.05) is 11.6 Å². The van der Waals surface area contributed by atoms with Crippen molar-refractivity contribution in [2.24, 2.45) is 0 Å². The average Bonchev–Trinajstić information content (AvgIpc) is 2.39. The van der Waals surface area contributed by atoms with Gasteiger partial charge in [-0.25, -0.2) is 0 Å². The lowest BCUT2D eigenvalue weighted by atomic mass is 9.94. The van der Waals surface area contributed by atoms with Crippen molar-refractivity contribution in [3.05, 3.63) is 42.0 Å². The second-order valence-corrected chi connectivity index (χ2v) is 4.76. The highest BCUT2D eigenvalue weighted by Gasteiger charge is 2.18. The zero-order chi connectivity index (χ0) is 11.7. The number of phenols is 1. The smallest absolute Gasteiger partial charge is 0.120 e. The van der Waals surface area contributed by atoms with Crippen LogP contribution in [0.1, 0.15) is 30.9 Å². The van der Waals surface area contributed by atoms with E-state index in [1.165, 1.54) is 18.2 Å². The first kappa shape index (κ1) is 13.2. The number of fused-ring (bicyclic) bond motifs is 1. The van der Waals surface area contributed by atoms with Gasteiger partial charge in [-0.1, -0.05) is 30.7 Å². The zero-order valence-electron chi connectivity index (χ0n) is 10.2. The summed E-state index contributed by atoms with van der Waals surface area (Å²) in [5.41, 5.74) is 1.04. The maximum atomic E-state index is 10.1. The van der Waals surface area contributed by atoms with Gasteiger partial charge in [0.2, 0.25) is 0 Å². The van der Waals surface area contributed by atoms with E-state index in [9.17, 15) is 5.11 Å². The van der Waals surface area contributed by atoms with Gasteiger partial charge in [0.1, 0.15) is 5.75 Å². The molecule has 0 aromatic heterocycles. The number of hydrogen-bond acceptors (Lipinski definition) is 2. The number of benzene rings is 2. The molecule has 1 unspecified atom stereocenters. The van der Waals surface area contributed by atoms with Crippen molar-refractivity contribution in [2.45, 2.75) is 25.3 Å². The molecule has 0 radical (unpaired) electrons. The Morgan fingerprint density at radius 2 is 1.78 bits per heavy atom. The Kier molecular flexibility index (Phi) is 4.10. The van der Waals surface area contributed by atoms with Gasteiger partial charge >= 0.3 is 0 Å². The predicted octanol–water partition coefficient (Wildman–Crippen LogP) is 3.78. The summed E-state index contributed by atoms with van der Waals surface area (Å²) in [6, 6.07) is 12.5. The largest absolute Gasteiger partial charge is 0.508 e. The average molecular weight is 264 g/mol. The lowest BCUT2D eigenvalue weighted by molar-refractivity contribution is 0.391. The molecule has 0 bridgehead atoms. The number of piperidine rings is 1. The Bertz CT molecular complexity index is 535. The molecule has 0 amide bonds. The van der Waals surface area contributed by atoms with Crippen LogP contribution in [-0.4, -0.2) is 11.7 Å². The molecule has 0 spiro atoms. The molecule has 2 aromatic rings. The van der Waals surface area contributed by atoms with Crippen LogP contribution >= 0.6 is 12.4 Å². The summed E-state index contributed by atoms with van der Waals surface area (Å²) in [5, 5.41) is 15.9. The second-order valence-electron chi connectivity index (χ2n) is 4.76. The van der Waals surface area contributed by atoms with Crippen LogP contribution in [0.2, 0.25) is 0 Å². The van der Waals surface area contributed by atoms with E-state index < -0.39 is 0 Å². The Morgan fingerprint density at radius 3 is 2.44 bits per heavy atom. The minimum absolute atomic E-state index is 0. The molecule has 1 aliphatic rings. The van der Waals surface area contributed by atoms with E-state index in [4.69, 9.17) is 0 Å². The van der Waals surface area contributed by atoms with E-state index in [1.807, 2.05) is 24.3 Å². The highest BCUT2D eigenvalue weighted by Crippen LogP contribution is 2.33. The lowest BCUT2D eigenvalue weighted by Crippen LogP contribution is -2.26. The summed E-state index contributed by atoms with van der Waals surface area (Å²) in [5.74, 6) is 0.420. The van der Waals surface area contributed by atoms with Crippen molar-refractivity contribution in [1.82, 2.24) is 5.32 Å². The highest BCUT2D eigenvalue weighted by molar-refractivity contribution is 5.85. The number of rotatable bonds is 1. The third-order valence-electron chi connectivity index (χ3n) is 3.58. The van der Waals surface area contributed by atoms with E-state index >= 15 is 0 Å². The van der Waals surface area contributed by atoms with Crippen LogP contribution in [0.4, 0.5) is 0 Å². The molecule has 2 aromatic carbocycles. The van der Waals surface area contributed by atoms with E-state index in [1.54, 1.807) is 0 Å². The van der Waals surface area contributed by atoms with Gasteiger partial charge < -0.3 is 10.4 Å². The van der Waals surface area contributed by atoms with Crippen LogP contribution in [0.15, 0.2) is 36.4 Å². The SMILES string of the molecule is Cl.Oc1cc2ccccc2cc1C1CCCCN1. The number of halogens is 1. The van der Waals surface area contributed by atoms with Crippen LogP contribution in [0.3, 0.4) is 0 Å². The molecule has 3 rings (SSSR count). The molecule has 3 heteroatoms. The summed E-state index contributed by atoms with van der Waals surface area (Å²) in [6.07, 6.45) is 3.60. The van der Waals surface area contributed by atoms with Gasteiger partial charge in [-0.05, 0) is 42.3 Å². The fourth-order valence-corrected chi connectivity index (χ4v) is 2.64. The maximum absolute atomic E-state index is 10.1. The molecule has 1 aliphatic heterocycles. The standard InChI is InChI=1S/C15H17NO.ClH/c17-15-10-12-6-2-1-5-11(12)9-13(15)14-7-3-4-8-16-14;/h1-2,5-6,9-10,14,16-17H,3-4,7-8H2;1H. The molecule has 18 heavy (non-hydrogen) atoms. The van der Waals surface area contributed by atoms with E-state index in [-0.39, 0.29) is 12.4 Å². The topological polar surface area (TPSA) is 32.3 Å². The number of aromatic hydroxyl groups is 1. The van der Waals surface area contributed by atoms with E-state index in [0.717, 1.165) is 23.9 Å². The second kappa shape index (κ2) is 5.59. The van der Waals surface area contributed by atoms with Crippen molar-refractivity contribution < 1.29 is 5.11 Å². The quantitative estimate of drug-likeness (QED) is 0.821. The van der Waals surface area contributed by atoms with Gasteiger partial charge in [0.25, 0.3) is 0 Å².